The fraction of sp³-hybridized carbons (Fsp3) is 0.500. The molecule has 0 bridgehead atoms. The number of amides is 1. The molecule has 0 unspecified atom stereocenters. The van der Waals surface area contributed by atoms with E-state index >= 15 is 0 Å². The van der Waals surface area contributed by atoms with E-state index in [2.05, 4.69) is 35.1 Å². The van der Waals surface area contributed by atoms with E-state index in [0.717, 1.165) is 36.8 Å². The summed E-state index contributed by atoms with van der Waals surface area (Å²) in [6.07, 6.45) is 1.82. The lowest BCUT2D eigenvalue weighted by atomic mass is 9.96. The van der Waals surface area contributed by atoms with Crippen molar-refractivity contribution in [1.29, 1.82) is 0 Å². The van der Waals surface area contributed by atoms with Crippen LogP contribution in [0.3, 0.4) is 0 Å². The highest BCUT2D eigenvalue weighted by Gasteiger charge is 2.26. The van der Waals surface area contributed by atoms with Gasteiger partial charge in [0.25, 0.3) is 0 Å². The first kappa shape index (κ1) is 15.5. The Bertz CT molecular complexity index is 608. The predicted octanol–water partition coefficient (Wildman–Crippen LogP) is 3.35. The molecule has 0 saturated carbocycles. The summed E-state index contributed by atoms with van der Waals surface area (Å²) in [7, 11) is 0. The molecule has 3 rings (SSSR count). The molecule has 1 saturated heterocycles. The van der Waals surface area contributed by atoms with Gasteiger partial charge in [-0.25, -0.2) is 4.98 Å². The number of thiophene rings is 1. The van der Waals surface area contributed by atoms with Gasteiger partial charge < -0.3 is 10.2 Å². The second kappa shape index (κ2) is 6.79. The van der Waals surface area contributed by atoms with Crippen molar-refractivity contribution in [3.05, 3.63) is 33.0 Å². The zero-order chi connectivity index (χ0) is 15.5. The van der Waals surface area contributed by atoms with Gasteiger partial charge in [0.1, 0.15) is 0 Å². The van der Waals surface area contributed by atoms with Crippen LogP contribution in [-0.4, -0.2) is 24.0 Å². The molecule has 1 aliphatic rings. The summed E-state index contributed by atoms with van der Waals surface area (Å²) in [5.41, 5.74) is 1.12. The summed E-state index contributed by atoms with van der Waals surface area (Å²) >= 11 is 3.44. The van der Waals surface area contributed by atoms with Gasteiger partial charge in [-0.2, -0.15) is 0 Å². The molecule has 22 heavy (non-hydrogen) atoms. The molecular weight excluding hydrogens is 314 g/mol. The number of thiazole rings is 1. The summed E-state index contributed by atoms with van der Waals surface area (Å²) in [5.74, 6) is 0.331. The van der Waals surface area contributed by atoms with Gasteiger partial charge in [0.2, 0.25) is 5.91 Å². The number of piperidine rings is 1. The largest absolute Gasteiger partial charge is 0.351 e. The number of nitrogens with zero attached hydrogens (tertiary/aromatic N) is 2. The Morgan fingerprint density at radius 3 is 2.77 bits per heavy atom. The number of aromatic nitrogens is 1. The molecule has 1 fully saturated rings. The van der Waals surface area contributed by atoms with E-state index in [-0.39, 0.29) is 11.8 Å². The van der Waals surface area contributed by atoms with Crippen molar-refractivity contribution >= 4 is 33.7 Å². The zero-order valence-electron chi connectivity index (χ0n) is 13.0. The highest BCUT2D eigenvalue weighted by atomic mass is 32.1. The minimum Gasteiger partial charge on any atom is -0.351 e. The number of carbonyl (C=O) groups is 1. The molecule has 118 valence electrons. The number of hydrogen-bond donors (Lipinski definition) is 1. The molecule has 1 amide bonds. The van der Waals surface area contributed by atoms with E-state index in [9.17, 15) is 4.79 Å². The van der Waals surface area contributed by atoms with Crippen molar-refractivity contribution in [3.8, 4) is 0 Å². The van der Waals surface area contributed by atoms with Gasteiger partial charge in [-0.15, -0.1) is 22.7 Å². The van der Waals surface area contributed by atoms with Crippen molar-refractivity contribution in [2.24, 2.45) is 5.92 Å². The summed E-state index contributed by atoms with van der Waals surface area (Å²) in [6.45, 7) is 6.66. The zero-order valence-corrected chi connectivity index (χ0v) is 14.6. The van der Waals surface area contributed by atoms with Gasteiger partial charge in [0.15, 0.2) is 5.13 Å². The van der Waals surface area contributed by atoms with E-state index in [1.165, 1.54) is 9.75 Å². The highest BCUT2D eigenvalue weighted by Crippen LogP contribution is 2.29. The molecule has 4 nitrogen and oxygen atoms in total. The van der Waals surface area contributed by atoms with Crippen LogP contribution in [0.2, 0.25) is 0 Å². The van der Waals surface area contributed by atoms with Gasteiger partial charge >= 0.3 is 0 Å². The third-order valence-corrected chi connectivity index (χ3v) is 6.18. The minimum atomic E-state index is 0.137. The maximum Gasteiger partial charge on any atom is 0.223 e. The quantitative estimate of drug-likeness (QED) is 0.932. The second-order valence-electron chi connectivity index (χ2n) is 5.70. The molecule has 2 aromatic rings. The van der Waals surface area contributed by atoms with Crippen molar-refractivity contribution in [3.63, 3.8) is 0 Å². The lowest BCUT2D eigenvalue weighted by molar-refractivity contribution is -0.125. The molecule has 1 aliphatic heterocycles. The van der Waals surface area contributed by atoms with E-state index in [0.29, 0.717) is 6.54 Å². The van der Waals surface area contributed by atoms with Gasteiger partial charge in [-0.3, -0.25) is 4.79 Å². The van der Waals surface area contributed by atoms with Gasteiger partial charge in [0.05, 0.1) is 12.2 Å². The fourth-order valence-corrected chi connectivity index (χ4v) is 4.26. The maximum absolute atomic E-state index is 12.3. The molecule has 3 heterocycles. The Hall–Kier alpha value is -1.40. The lowest BCUT2D eigenvalue weighted by Gasteiger charge is -2.31. The van der Waals surface area contributed by atoms with Crippen molar-refractivity contribution in [1.82, 2.24) is 10.3 Å². The predicted molar refractivity (Wildman–Crippen MR) is 92.7 cm³/mol. The van der Waals surface area contributed by atoms with Crippen LogP contribution in [0, 0.1) is 19.8 Å². The average Bonchev–Trinajstić information content (AvgIpc) is 3.16. The number of rotatable bonds is 4. The molecule has 2 aromatic heterocycles. The van der Waals surface area contributed by atoms with Crippen LogP contribution in [0.1, 0.15) is 28.3 Å². The molecular formula is C16H21N3OS2. The second-order valence-corrected chi connectivity index (χ2v) is 7.91. The molecule has 0 aliphatic carbocycles. The highest BCUT2D eigenvalue weighted by molar-refractivity contribution is 7.15. The van der Waals surface area contributed by atoms with E-state index in [1.807, 2.05) is 11.4 Å². The first-order chi connectivity index (χ1) is 10.6. The summed E-state index contributed by atoms with van der Waals surface area (Å²) in [6, 6.07) is 4.07. The number of anilines is 1. The van der Waals surface area contributed by atoms with Crippen LogP contribution in [0.4, 0.5) is 5.13 Å². The van der Waals surface area contributed by atoms with Crippen LogP contribution >= 0.6 is 22.7 Å². The monoisotopic (exact) mass is 335 g/mol. The summed E-state index contributed by atoms with van der Waals surface area (Å²) < 4.78 is 0. The summed E-state index contributed by atoms with van der Waals surface area (Å²) in [5, 5.41) is 6.21. The molecule has 0 spiro atoms. The van der Waals surface area contributed by atoms with Crippen molar-refractivity contribution in [2.75, 3.05) is 18.0 Å². The Balaban J connectivity index is 1.49. The summed E-state index contributed by atoms with van der Waals surface area (Å²) in [4.78, 5) is 21.7. The first-order valence-electron chi connectivity index (χ1n) is 7.62. The third-order valence-electron chi connectivity index (χ3n) is 4.17. The standard InChI is InChI=1S/C16H21N3OS2/c1-11-12(2)22-16(18-11)19-7-5-13(6-8-19)15(20)17-10-14-4-3-9-21-14/h3-4,9,13H,5-8,10H2,1-2H3,(H,17,20). The van der Waals surface area contributed by atoms with E-state index < -0.39 is 0 Å². The smallest absolute Gasteiger partial charge is 0.223 e. The van der Waals surface area contributed by atoms with Crippen LogP contribution < -0.4 is 10.2 Å². The minimum absolute atomic E-state index is 0.137. The van der Waals surface area contributed by atoms with E-state index in [4.69, 9.17) is 0 Å². The average molecular weight is 335 g/mol. The Kier molecular flexibility index (Phi) is 4.78. The molecule has 6 heteroatoms. The number of nitrogens with one attached hydrogen (secondary N) is 1. The number of hydrogen-bond acceptors (Lipinski definition) is 5. The lowest BCUT2D eigenvalue weighted by Crippen LogP contribution is -2.40. The number of aryl methyl sites for hydroxylation is 2. The molecule has 0 atom stereocenters. The fourth-order valence-electron chi connectivity index (χ4n) is 2.66. The van der Waals surface area contributed by atoms with Crippen LogP contribution in [-0.2, 0) is 11.3 Å². The van der Waals surface area contributed by atoms with Gasteiger partial charge in [-0.05, 0) is 38.1 Å². The Morgan fingerprint density at radius 2 is 2.18 bits per heavy atom. The van der Waals surface area contributed by atoms with Crippen molar-refractivity contribution < 1.29 is 4.79 Å². The Labute approximate surface area is 139 Å². The van der Waals surface area contributed by atoms with Crippen molar-refractivity contribution in [2.45, 2.75) is 33.2 Å². The normalized spacial score (nSPS) is 16.0. The molecule has 0 radical (unpaired) electrons. The SMILES string of the molecule is Cc1nc(N2CCC(C(=O)NCc3cccs3)CC2)sc1C. The Morgan fingerprint density at radius 1 is 1.41 bits per heavy atom. The van der Waals surface area contributed by atoms with E-state index in [1.54, 1.807) is 22.7 Å². The third kappa shape index (κ3) is 3.50. The molecule has 1 N–H and O–H groups in total. The van der Waals surface area contributed by atoms with Gasteiger partial charge in [0, 0.05) is 28.8 Å². The van der Waals surface area contributed by atoms with Crippen LogP contribution in [0.5, 0.6) is 0 Å². The first-order valence-corrected chi connectivity index (χ1v) is 9.32. The number of carbonyl (C=O) groups excluding carboxylic acids is 1. The van der Waals surface area contributed by atoms with Gasteiger partial charge in [-0.1, -0.05) is 6.07 Å². The maximum atomic E-state index is 12.3. The molecule has 0 aromatic carbocycles. The van der Waals surface area contributed by atoms with Crippen LogP contribution in [0.15, 0.2) is 17.5 Å². The van der Waals surface area contributed by atoms with Crippen LogP contribution in [0.25, 0.3) is 0 Å². The topological polar surface area (TPSA) is 45.2 Å².